The molecule has 0 aliphatic carbocycles. The highest BCUT2D eigenvalue weighted by atomic mass is 32.2. The van der Waals surface area contributed by atoms with Gasteiger partial charge in [-0.2, -0.15) is 0 Å². The fourth-order valence-corrected chi connectivity index (χ4v) is 1.08. The van der Waals surface area contributed by atoms with E-state index in [-0.39, 0.29) is 17.2 Å². The number of hydrogen-bond donors (Lipinski definition) is 1. The molecule has 1 rings (SSSR count). The molecule has 0 saturated carbocycles. The van der Waals surface area contributed by atoms with Gasteiger partial charge in [-0.25, -0.2) is 4.21 Å². The Kier molecular flexibility index (Phi) is 3.10. The summed E-state index contributed by atoms with van der Waals surface area (Å²) >= 11 is -2.65. The zero-order chi connectivity index (χ0) is 9.84. The molecule has 1 atom stereocenters. The fourth-order valence-electron chi connectivity index (χ4n) is 0.798. The third kappa shape index (κ3) is 2.60. The molecule has 5 nitrogen and oxygen atoms in total. The molecule has 1 unspecified atom stereocenters. The van der Waals surface area contributed by atoms with E-state index in [1.165, 1.54) is 25.3 Å². The molecule has 0 saturated heterocycles. The molecule has 0 spiro atoms. The van der Waals surface area contributed by atoms with Gasteiger partial charge in [0.2, 0.25) is 0 Å². The van der Waals surface area contributed by atoms with E-state index in [4.69, 9.17) is 9.84 Å². The van der Waals surface area contributed by atoms with E-state index in [0.717, 1.165) is 0 Å². The highest BCUT2D eigenvalue weighted by molar-refractivity contribution is 7.74. The molecule has 6 heteroatoms. The molecule has 0 aliphatic heterocycles. The number of methoxy groups -OCH3 is 1. The second kappa shape index (κ2) is 4.11. The van der Waals surface area contributed by atoms with Gasteiger partial charge in [0.15, 0.2) is 11.5 Å². The Labute approximate surface area is 77.4 Å². The lowest BCUT2D eigenvalue weighted by Crippen LogP contribution is -1.99. The normalized spacial score (nSPS) is 12.2. The van der Waals surface area contributed by atoms with Crippen LogP contribution in [0.15, 0.2) is 18.2 Å². The average Bonchev–Trinajstić information content (AvgIpc) is 2.07. The van der Waals surface area contributed by atoms with Crippen LogP contribution in [0.5, 0.6) is 17.2 Å². The Hall–Kier alpha value is -1.27. The topological polar surface area (TPSA) is 78.8 Å². The SMILES string of the molecule is COc1cc(O)ccc1OS(=O)[O-]. The minimum Gasteiger partial charge on any atom is -0.740 e. The molecule has 0 fully saturated rings. The standard InChI is InChI=1S/C7H8O5S/c1-11-7-4-5(8)2-3-6(7)12-13(9)10/h2-4,8H,1H3,(H,9,10)/p-1. The van der Waals surface area contributed by atoms with Crippen LogP contribution in [0.3, 0.4) is 0 Å². The zero-order valence-corrected chi connectivity index (χ0v) is 7.54. The predicted octanol–water partition coefficient (Wildman–Crippen LogP) is 0.574. The van der Waals surface area contributed by atoms with Crippen LogP contribution in [0.4, 0.5) is 0 Å². The van der Waals surface area contributed by atoms with Crippen LogP contribution in [-0.4, -0.2) is 21.0 Å². The van der Waals surface area contributed by atoms with E-state index in [2.05, 4.69) is 4.18 Å². The molecule has 0 aliphatic rings. The van der Waals surface area contributed by atoms with Crippen molar-refractivity contribution in [1.29, 1.82) is 0 Å². The molecule has 0 amide bonds. The van der Waals surface area contributed by atoms with Crippen molar-refractivity contribution >= 4 is 11.4 Å². The first kappa shape index (κ1) is 9.82. The van der Waals surface area contributed by atoms with Crippen molar-refractivity contribution in [3.8, 4) is 17.2 Å². The lowest BCUT2D eigenvalue weighted by Gasteiger charge is -2.10. The number of phenols is 1. The van der Waals surface area contributed by atoms with E-state index in [9.17, 15) is 8.76 Å². The lowest BCUT2D eigenvalue weighted by molar-refractivity contribution is 0.378. The summed E-state index contributed by atoms with van der Waals surface area (Å²) < 4.78 is 29.5. The van der Waals surface area contributed by atoms with Gasteiger partial charge in [0, 0.05) is 6.07 Å². The summed E-state index contributed by atoms with van der Waals surface area (Å²) in [5.74, 6) is 0.165. The minimum absolute atomic E-state index is 0.0270. The summed E-state index contributed by atoms with van der Waals surface area (Å²) in [6, 6.07) is 3.84. The number of benzene rings is 1. The van der Waals surface area contributed by atoms with Gasteiger partial charge in [-0.3, -0.25) is 0 Å². The van der Waals surface area contributed by atoms with Crippen LogP contribution in [0.1, 0.15) is 0 Å². The smallest absolute Gasteiger partial charge is 0.181 e. The number of hydrogen-bond acceptors (Lipinski definition) is 5. The first-order valence-electron chi connectivity index (χ1n) is 3.28. The maximum absolute atomic E-state index is 10.2. The molecule has 0 aromatic heterocycles. The van der Waals surface area contributed by atoms with Gasteiger partial charge in [-0.1, -0.05) is 0 Å². The monoisotopic (exact) mass is 203 g/mol. The average molecular weight is 203 g/mol. The quantitative estimate of drug-likeness (QED) is 0.726. The Morgan fingerprint density at radius 3 is 2.69 bits per heavy atom. The summed E-state index contributed by atoms with van der Waals surface area (Å²) in [5.41, 5.74) is 0. The number of ether oxygens (including phenoxy) is 1. The fraction of sp³-hybridized carbons (Fsp3) is 0.143. The number of rotatable bonds is 3. The molecule has 13 heavy (non-hydrogen) atoms. The molecule has 0 bridgehead atoms. The maximum atomic E-state index is 10.2. The van der Waals surface area contributed by atoms with Crippen molar-refractivity contribution in [3.05, 3.63) is 18.2 Å². The Bertz CT molecular complexity index is 325. The van der Waals surface area contributed by atoms with Crippen LogP contribution in [0.2, 0.25) is 0 Å². The largest absolute Gasteiger partial charge is 0.740 e. The van der Waals surface area contributed by atoms with Crippen LogP contribution in [0.25, 0.3) is 0 Å². The van der Waals surface area contributed by atoms with E-state index in [1.54, 1.807) is 0 Å². The van der Waals surface area contributed by atoms with Gasteiger partial charge < -0.3 is 18.6 Å². The summed E-state index contributed by atoms with van der Waals surface area (Å²) in [6.45, 7) is 0. The Morgan fingerprint density at radius 2 is 2.15 bits per heavy atom. The predicted molar refractivity (Wildman–Crippen MR) is 44.2 cm³/mol. The molecule has 0 radical (unpaired) electrons. The Morgan fingerprint density at radius 1 is 1.46 bits per heavy atom. The molecule has 0 heterocycles. The van der Waals surface area contributed by atoms with Gasteiger partial charge in [0.25, 0.3) is 0 Å². The second-order valence-electron chi connectivity index (χ2n) is 2.12. The first-order chi connectivity index (χ1) is 6.13. The van der Waals surface area contributed by atoms with Gasteiger partial charge in [0.1, 0.15) is 17.1 Å². The number of phenolic OH excluding ortho intramolecular Hbond substituents is 1. The van der Waals surface area contributed by atoms with E-state index in [0.29, 0.717) is 0 Å². The van der Waals surface area contributed by atoms with Crippen molar-refractivity contribution in [1.82, 2.24) is 0 Å². The first-order valence-corrected chi connectivity index (χ1v) is 4.28. The van der Waals surface area contributed by atoms with Crippen molar-refractivity contribution in [2.24, 2.45) is 0 Å². The van der Waals surface area contributed by atoms with Crippen molar-refractivity contribution in [2.45, 2.75) is 0 Å². The van der Waals surface area contributed by atoms with E-state index in [1.807, 2.05) is 0 Å². The molecular formula is C7H7O5S-. The zero-order valence-electron chi connectivity index (χ0n) is 6.72. The molecule has 1 aromatic rings. The van der Waals surface area contributed by atoms with Gasteiger partial charge in [-0.15, -0.1) is 0 Å². The third-order valence-corrected chi connectivity index (χ3v) is 1.62. The summed E-state index contributed by atoms with van der Waals surface area (Å²) in [5, 5.41) is 9.01. The third-order valence-electron chi connectivity index (χ3n) is 1.31. The second-order valence-corrected chi connectivity index (χ2v) is 2.70. The van der Waals surface area contributed by atoms with E-state index < -0.39 is 11.4 Å². The number of aromatic hydroxyl groups is 1. The van der Waals surface area contributed by atoms with Crippen molar-refractivity contribution in [2.75, 3.05) is 7.11 Å². The van der Waals surface area contributed by atoms with Crippen LogP contribution in [-0.2, 0) is 11.4 Å². The van der Waals surface area contributed by atoms with Gasteiger partial charge in [0.05, 0.1) is 7.11 Å². The van der Waals surface area contributed by atoms with Crippen LogP contribution < -0.4 is 8.92 Å². The highest BCUT2D eigenvalue weighted by Crippen LogP contribution is 2.30. The minimum atomic E-state index is -2.65. The van der Waals surface area contributed by atoms with Gasteiger partial charge in [-0.05, 0) is 12.1 Å². The Balaban J connectivity index is 2.99. The molecule has 1 N–H and O–H groups in total. The maximum Gasteiger partial charge on any atom is 0.181 e. The molecule has 72 valence electrons. The molecular weight excluding hydrogens is 196 g/mol. The van der Waals surface area contributed by atoms with Crippen molar-refractivity contribution < 1.29 is 22.8 Å². The molecule has 1 aromatic carbocycles. The lowest BCUT2D eigenvalue weighted by atomic mass is 10.3. The van der Waals surface area contributed by atoms with Crippen molar-refractivity contribution in [3.63, 3.8) is 0 Å². The van der Waals surface area contributed by atoms with Crippen LogP contribution >= 0.6 is 0 Å². The summed E-state index contributed by atoms with van der Waals surface area (Å²) in [6.07, 6.45) is 0. The summed E-state index contributed by atoms with van der Waals surface area (Å²) in [7, 11) is 1.34. The van der Waals surface area contributed by atoms with Crippen LogP contribution in [0, 0.1) is 0 Å². The van der Waals surface area contributed by atoms with E-state index >= 15 is 0 Å². The summed E-state index contributed by atoms with van der Waals surface area (Å²) in [4.78, 5) is 0. The van der Waals surface area contributed by atoms with Gasteiger partial charge >= 0.3 is 0 Å². The highest BCUT2D eigenvalue weighted by Gasteiger charge is 2.05.